The predicted molar refractivity (Wildman–Crippen MR) is 72.2 cm³/mol. The molecule has 0 aliphatic heterocycles. The first kappa shape index (κ1) is 13.6. The molecule has 1 N–H and O–H groups in total. The summed E-state index contributed by atoms with van der Waals surface area (Å²) in [6, 6.07) is 8.17. The third-order valence-corrected chi connectivity index (χ3v) is 2.51. The Balaban J connectivity index is 2.29. The van der Waals surface area contributed by atoms with Crippen molar-refractivity contribution in [1.29, 1.82) is 0 Å². The van der Waals surface area contributed by atoms with E-state index in [1.54, 1.807) is 0 Å². The van der Waals surface area contributed by atoms with Gasteiger partial charge in [0, 0.05) is 6.42 Å². The van der Waals surface area contributed by atoms with Crippen LogP contribution in [0.25, 0.3) is 0 Å². The number of benzene rings is 1. The zero-order chi connectivity index (χ0) is 12.5. The fourth-order valence-corrected chi connectivity index (χ4v) is 1.56. The second-order valence-corrected chi connectivity index (χ2v) is 4.13. The van der Waals surface area contributed by atoms with Crippen LogP contribution in [0, 0.1) is 19.3 Å². The minimum atomic E-state index is 0.111. The normalized spacial score (nSPS) is 11.8. The van der Waals surface area contributed by atoms with Crippen LogP contribution in [0.5, 0.6) is 5.75 Å². The van der Waals surface area contributed by atoms with Gasteiger partial charge in [0.2, 0.25) is 0 Å². The molecule has 1 aromatic rings. The van der Waals surface area contributed by atoms with Gasteiger partial charge in [0.1, 0.15) is 5.75 Å². The number of rotatable bonds is 7. The topological polar surface area (TPSA) is 21.3 Å². The van der Waals surface area contributed by atoms with E-state index in [1.807, 2.05) is 18.2 Å². The molecule has 0 aliphatic rings. The molecule has 0 saturated heterocycles. The summed E-state index contributed by atoms with van der Waals surface area (Å²) in [6.45, 7) is 5.79. The lowest BCUT2D eigenvalue weighted by Gasteiger charge is -2.13. The van der Waals surface area contributed by atoms with E-state index in [0.29, 0.717) is 6.61 Å². The van der Waals surface area contributed by atoms with Crippen molar-refractivity contribution in [2.45, 2.75) is 32.7 Å². The third kappa shape index (κ3) is 5.42. The van der Waals surface area contributed by atoms with Crippen LogP contribution in [0.4, 0.5) is 0 Å². The minimum absolute atomic E-state index is 0.111. The summed E-state index contributed by atoms with van der Waals surface area (Å²) in [7, 11) is 0. The van der Waals surface area contributed by atoms with Crippen LogP contribution in [0.1, 0.15) is 25.3 Å². The summed E-state index contributed by atoms with van der Waals surface area (Å²) < 4.78 is 5.66. The Bertz CT molecular complexity index is 367. The van der Waals surface area contributed by atoms with E-state index in [4.69, 9.17) is 11.2 Å². The Labute approximate surface area is 104 Å². The van der Waals surface area contributed by atoms with Crippen molar-refractivity contribution >= 4 is 0 Å². The molecule has 17 heavy (non-hydrogen) atoms. The van der Waals surface area contributed by atoms with E-state index >= 15 is 0 Å². The summed E-state index contributed by atoms with van der Waals surface area (Å²) in [5, 5.41) is 3.30. The SMILES string of the molecule is C#CC(CCOc1cccc(C)c1)NCCC. The first-order chi connectivity index (χ1) is 8.26. The molecule has 92 valence electrons. The van der Waals surface area contributed by atoms with E-state index in [-0.39, 0.29) is 6.04 Å². The molecule has 2 heteroatoms. The van der Waals surface area contributed by atoms with E-state index < -0.39 is 0 Å². The highest BCUT2D eigenvalue weighted by Crippen LogP contribution is 2.12. The number of nitrogens with one attached hydrogen (secondary N) is 1. The maximum atomic E-state index is 5.66. The molecule has 0 heterocycles. The maximum absolute atomic E-state index is 5.66. The molecule has 1 aromatic carbocycles. The second kappa shape index (κ2) is 7.76. The minimum Gasteiger partial charge on any atom is -0.493 e. The molecule has 0 saturated carbocycles. The first-order valence-corrected chi connectivity index (χ1v) is 6.15. The van der Waals surface area contributed by atoms with Crippen molar-refractivity contribution in [3.63, 3.8) is 0 Å². The average Bonchev–Trinajstić information content (AvgIpc) is 2.33. The quantitative estimate of drug-likeness (QED) is 0.729. The van der Waals surface area contributed by atoms with E-state index in [1.165, 1.54) is 5.56 Å². The fraction of sp³-hybridized carbons (Fsp3) is 0.467. The molecule has 1 unspecified atom stereocenters. The molecule has 1 rings (SSSR count). The van der Waals surface area contributed by atoms with Gasteiger partial charge in [-0.05, 0) is 37.6 Å². The van der Waals surface area contributed by atoms with Crippen molar-refractivity contribution in [1.82, 2.24) is 5.32 Å². The zero-order valence-corrected chi connectivity index (χ0v) is 10.7. The zero-order valence-electron chi connectivity index (χ0n) is 10.7. The average molecular weight is 231 g/mol. The highest BCUT2D eigenvalue weighted by atomic mass is 16.5. The van der Waals surface area contributed by atoms with Gasteiger partial charge in [-0.3, -0.25) is 0 Å². The van der Waals surface area contributed by atoms with E-state index in [0.717, 1.165) is 25.1 Å². The molecule has 0 fully saturated rings. The molecule has 2 nitrogen and oxygen atoms in total. The number of terminal acetylenes is 1. The van der Waals surface area contributed by atoms with Crippen molar-refractivity contribution in [3.8, 4) is 18.1 Å². The van der Waals surface area contributed by atoms with Crippen molar-refractivity contribution < 1.29 is 4.74 Å². The molecular weight excluding hydrogens is 210 g/mol. The van der Waals surface area contributed by atoms with Gasteiger partial charge in [-0.2, -0.15) is 0 Å². The van der Waals surface area contributed by atoms with Gasteiger partial charge >= 0.3 is 0 Å². The molecule has 0 spiro atoms. The Kier molecular flexibility index (Phi) is 6.21. The Morgan fingerprint density at radius 1 is 1.47 bits per heavy atom. The summed E-state index contributed by atoms with van der Waals surface area (Å²) >= 11 is 0. The number of aryl methyl sites for hydroxylation is 1. The lowest BCUT2D eigenvalue weighted by atomic mass is 10.2. The number of hydrogen-bond donors (Lipinski definition) is 1. The largest absolute Gasteiger partial charge is 0.493 e. The van der Waals surface area contributed by atoms with Crippen LogP contribution in [0.3, 0.4) is 0 Å². The van der Waals surface area contributed by atoms with Gasteiger partial charge in [-0.1, -0.05) is 25.0 Å². The molecule has 0 radical (unpaired) electrons. The van der Waals surface area contributed by atoms with Crippen LogP contribution >= 0.6 is 0 Å². The lowest BCUT2D eigenvalue weighted by Crippen LogP contribution is -2.29. The summed E-state index contributed by atoms with van der Waals surface area (Å²) in [5.74, 6) is 3.66. The summed E-state index contributed by atoms with van der Waals surface area (Å²) in [5.41, 5.74) is 1.21. The van der Waals surface area contributed by atoms with E-state index in [9.17, 15) is 0 Å². The third-order valence-electron chi connectivity index (χ3n) is 2.51. The van der Waals surface area contributed by atoms with Gasteiger partial charge in [0.25, 0.3) is 0 Å². The van der Waals surface area contributed by atoms with Crippen molar-refractivity contribution in [2.24, 2.45) is 0 Å². The van der Waals surface area contributed by atoms with Gasteiger partial charge < -0.3 is 10.1 Å². The summed E-state index contributed by atoms with van der Waals surface area (Å²) in [6.07, 6.45) is 7.38. The molecule has 0 aromatic heterocycles. The predicted octanol–water partition coefficient (Wildman–Crippen LogP) is 2.77. The van der Waals surface area contributed by atoms with Gasteiger partial charge in [-0.25, -0.2) is 0 Å². The second-order valence-electron chi connectivity index (χ2n) is 4.13. The Hall–Kier alpha value is -1.46. The van der Waals surface area contributed by atoms with Crippen LogP contribution in [-0.4, -0.2) is 19.2 Å². The maximum Gasteiger partial charge on any atom is 0.119 e. The van der Waals surface area contributed by atoms with Crippen LogP contribution in [-0.2, 0) is 0 Å². The first-order valence-electron chi connectivity index (χ1n) is 6.15. The Morgan fingerprint density at radius 2 is 2.29 bits per heavy atom. The molecule has 0 amide bonds. The van der Waals surface area contributed by atoms with Crippen molar-refractivity contribution in [2.75, 3.05) is 13.2 Å². The van der Waals surface area contributed by atoms with Gasteiger partial charge in [-0.15, -0.1) is 6.42 Å². The highest BCUT2D eigenvalue weighted by Gasteiger charge is 2.03. The Morgan fingerprint density at radius 3 is 2.94 bits per heavy atom. The fourth-order valence-electron chi connectivity index (χ4n) is 1.56. The standard InChI is InChI=1S/C15H21NO/c1-4-10-16-14(5-2)9-11-17-15-8-6-7-13(3)12-15/h2,6-8,12,14,16H,4,9-11H2,1,3H3. The monoisotopic (exact) mass is 231 g/mol. The number of ether oxygens (including phenoxy) is 1. The van der Waals surface area contributed by atoms with Gasteiger partial charge in [0.15, 0.2) is 0 Å². The molecule has 0 aliphatic carbocycles. The lowest BCUT2D eigenvalue weighted by molar-refractivity contribution is 0.298. The van der Waals surface area contributed by atoms with Gasteiger partial charge in [0.05, 0.1) is 12.6 Å². The smallest absolute Gasteiger partial charge is 0.119 e. The van der Waals surface area contributed by atoms with E-state index in [2.05, 4.69) is 31.2 Å². The van der Waals surface area contributed by atoms with Crippen molar-refractivity contribution in [3.05, 3.63) is 29.8 Å². The number of hydrogen-bond acceptors (Lipinski definition) is 2. The molecular formula is C15H21NO. The van der Waals surface area contributed by atoms with Crippen LogP contribution in [0.15, 0.2) is 24.3 Å². The summed E-state index contributed by atoms with van der Waals surface area (Å²) in [4.78, 5) is 0. The molecule has 0 bridgehead atoms. The van der Waals surface area contributed by atoms with Crippen LogP contribution < -0.4 is 10.1 Å². The van der Waals surface area contributed by atoms with Crippen LogP contribution in [0.2, 0.25) is 0 Å². The molecule has 1 atom stereocenters. The highest BCUT2D eigenvalue weighted by molar-refractivity contribution is 5.27.